The third-order valence-electron chi connectivity index (χ3n) is 4.21. The molecule has 3 nitrogen and oxygen atoms in total. The number of halogens is 1. The van der Waals surface area contributed by atoms with Crippen molar-refractivity contribution in [3.05, 3.63) is 22.8 Å². The molecule has 1 N–H and O–H groups in total. The second kappa shape index (κ2) is 4.95. The van der Waals surface area contributed by atoms with E-state index in [1.165, 1.54) is 31.2 Å². The minimum absolute atomic E-state index is 0.171. The zero-order valence-corrected chi connectivity index (χ0v) is 12.5. The molecule has 2 aliphatic rings. The molecule has 1 aromatic heterocycles. The molecule has 0 radical (unpaired) electrons. The average molecular weight is 280 g/mol. The summed E-state index contributed by atoms with van der Waals surface area (Å²) < 4.78 is 0. The molecule has 2 fully saturated rings. The Labute approximate surface area is 120 Å². The maximum atomic E-state index is 6.44. The van der Waals surface area contributed by atoms with E-state index in [1.54, 1.807) is 0 Å². The zero-order valence-electron chi connectivity index (χ0n) is 11.7. The van der Waals surface area contributed by atoms with Crippen LogP contribution in [0.5, 0.6) is 0 Å². The SMILES string of the molecule is CC1(C)CCCN1c1ncc(CNC2CC2)cc1Cl. The summed E-state index contributed by atoms with van der Waals surface area (Å²) >= 11 is 6.44. The molecular formula is C15H22ClN3. The van der Waals surface area contributed by atoms with Crippen LogP contribution >= 0.6 is 11.6 Å². The molecule has 0 amide bonds. The van der Waals surface area contributed by atoms with Crippen molar-refractivity contribution in [1.82, 2.24) is 10.3 Å². The first kappa shape index (κ1) is 13.2. The maximum absolute atomic E-state index is 6.44. The topological polar surface area (TPSA) is 28.2 Å². The van der Waals surface area contributed by atoms with Crippen LogP contribution in [0.4, 0.5) is 5.82 Å². The summed E-state index contributed by atoms with van der Waals surface area (Å²) in [5.41, 5.74) is 1.35. The lowest BCUT2D eigenvalue weighted by Gasteiger charge is -2.33. The van der Waals surface area contributed by atoms with Crippen LogP contribution in [0, 0.1) is 0 Å². The standard InChI is InChI=1S/C15H22ClN3/c1-15(2)6-3-7-19(15)14-13(16)8-11(10-18-14)9-17-12-4-5-12/h8,10,12,17H,3-7,9H2,1-2H3. The van der Waals surface area contributed by atoms with E-state index in [4.69, 9.17) is 11.6 Å². The van der Waals surface area contributed by atoms with E-state index in [0.717, 1.165) is 30.0 Å². The lowest BCUT2D eigenvalue weighted by atomic mass is 10.0. The summed E-state index contributed by atoms with van der Waals surface area (Å²) in [7, 11) is 0. The highest BCUT2D eigenvalue weighted by Gasteiger charge is 2.33. The number of anilines is 1. The van der Waals surface area contributed by atoms with Crippen LogP contribution in [-0.2, 0) is 6.54 Å². The van der Waals surface area contributed by atoms with Gasteiger partial charge >= 0.3 is 0 Å². The summed E-state index contributed by atoms with van der Waals surface area (Å²) in [6, 6.07) is 2.78. The lowest BCUT2D eigenvalue weighted by molar-refractivity contribution is 0.514. The van der Waals surface area contributed by atoms with Crippen molar-refractivity contribution >= 4 is 17.4 Å². The van der Waals surface area contributed by atoms with Crippen molar-refractivity contribution in [2.45, 2.75) is 57.7 Å². The zero-order chi connectivity index (χ0) is 13.5. The molecular weight excluding hydrogens is 258 g/mol. The fraction of sp³-hybridized carbons (Fsp3) is 0.667. The number of aromatic nitrogens is 1. The second-order valence-electron chi connectivity index (χ2n) is 6.37. The molecule has 104 valence electrons. The van der Waals surface area contributed by atoms with Gasteiger partial charge < -0.3 is 10.2 Å². The Hall–Kier alpha value is -0.800. The van der Waals surface area contributed by atoms with Gasteiger partial charge in [0.1, 0.15) is 5.82 Å². The Kier molecular flexibility index (Phi) is 3.44. The van der Waals surface area contributed by atoms with Gasteiger partial charge in [-0.1, -0.05) is 11.6 Å². The Morgan fingerprint density at radius 3 is 2.84 bits per heavy atom. The van der Waals surface area contributed by atoms with Crippen molar-refractivity contribution < 1.29 is 0 Å². The first-order chi connectivity index (χ1) is 9.06. The summed E-state index contributed by atoms with van der Waals surface area (Å²) in [6.07, 6.45) is 7.00. The monoisotopic (exact) mass is 279 g/mol. The Morgan fingerprint density at radius 1 is 1.47 bits per heavy atom. The van der Waals surface area contributed by atoms with Crippen molar-refractivity contribution in [3.8, 4) is 0 Å². The Morgan fingerprint density at radius 2 is 2.26 bits per heavy atom. The fourth-order valence-electron chi connectivity index (χ4n) is 2.82. The van der Waals surface area contributed by atoms with Gasteiger partial charge in [-0.25, -0.2) is 4.98 Å². The van der Waals surface area contributed by atoms with Gasteiger partial charge in [0.25, 0.3) is 0 Å². The molecule has 1 aliphatic carbocycles. The van der Waals surface area contributed by atoms with E-state index in [9.17, 15) is 0 Å². The predicted octanol–water partition coefficient (Wildman–Crippen LogP) is 3.37. The summed E-state index contributed by atoms with van der Waals surface area (Å²) in [5.74, 6) is 0.944. The quantitative estimate of drug-likeness (QED) is 0.916. The van der Waals surface area contributed by atoms with Crippen LogP contribution in [0.2, 0.25) is 5.02 Å². The number of rotatable bonds is 4. The number of hydrogen-bond donors (Lipinski definition) is 1. The van der Waals surface area contributed by atoms with Crippen molar-refractivity contribution in [1.29, 1.82) is 0 Å². The first-order valence-electron chi connectivity index (χ1n) is 7.22. The van der Waals surface area contributed by atoms with Gasteiger partial charge in [-0.05, 0) is 51.2 Å². The highest BCUT2D eigenvalue weighted by molar-refractivity contribution is 6.33. The van der Waals surface area contributed by atoms with Crippen LogP contribution in [0.15, 0.2) is 12.3 Å². The van der Waals surface area contributed by atoms with E-state index < -0.39 is 0 Å². The number of hydrogen-bond acceptors (Lipinski definition) is 3. The first-order valence-corrected chi connectivity index (χ1v) is 7.59. The summed E-state index contributed by atoms with van der Waals surface area (Å²) in [6.45, 7) is 6.46. The normalized spacial score (nSPS) is 21.9. The van der Waals surface area contributed by atoms with Gasteiger partial charge in [-0.3, -0.25) is 0 Å². The molecule has 1 aliphatic heterocycles. The highest BCUT2D eigenvalue weighted by Crippen LogP contribution is 2.36. The molecule has 1 aromatic rings. The number of nitrogens with one attached hydrogen (secondary N) is 1. The molecule has 1 saturated heterocycles. The van der Waals surface area contributed by atoms with Crippen LogP contribution in [-0.4, -0.2) is 23.1 Å². The van der Waals surface area contributed by atoms with Gasteiger partial charge in [0, 0.05) is 30.9 Å². The van der Waals surface area contributed by atoms with Gasteiger partial charge in [0.2, 0.25) is 0 Å². The van der Waals surface area contributed by atoms with Crippen LogP contribution in [0.1, 0.15) is 45.1 Å². The third kappa shape index (κ3) is 2.87. The molecule has 3 rings (SSSR count). The second-order valence-corrected chi connectivity index (χ2v) is 6.78. The molecule has 0 bridgehead atoms. The lowest BCUT2D eigenvalue weighted by Crippen LogP contribution is -2.38. The van der Waals surface area contributed by atoms with Gasteiger partial charge in [0.05, 0.1) is 5.02 Å². The average Bonchev–Trinajstić information content (AvgIpc) is 3.11. The van der Waals surface area contributed by atoms with E-state index in [-0.39, 0.29) is 5.54 Å². The Bertz CT molecular complexity index is 468. The smallest absolute Gasteiger partial charge is 0.147 e. The molecule has 0 spiro atoms. The molecule has 4 heteroatoms. The van der Waals surface area contributed by atoms with E-state index >= 15 is 0 Å². The number of pyridine rings is 1. The number of nitrogens with zero attached hydrogens (tertiary/aromatic N) is 2. The molecule has 0 aromatic carbocycles. The van der Waals surface area contributed by atoms with E-state index in [0.29, 0.717) is 0 Å². The Balaban J connectivity index is 1.75. The molecule has 1 saturated carbocycles. The van der Waals surface area contributed by atoms with Crippen LogP contribution < -0.4 is 10.2 Å². The summed E-state index contributed by atoms with van der Waals surface area (Å²) in [4.78, 5) is 6.95. The van der Waals surface area contributed by atoms with Gasteiger partial charge in [-0.15, -0.1) is 0 Å². The van der Waals surface area contributed by atoms with E-state index in [1.807, 2.05) is 6.20 Å². The minimum Gasteiger partial charge on any atom is -0.350 e. The fourth-order valence-corrected chi connectivity index (χ4v) is 3.11. The highest BCUT2D eigenvalue weighted by atomic mass is 35.5. The predicted molar refractivity (Wildman–Crippen MR) is 79.8 cm³/mol. The molecule has 2 heterocycles. The molecule has 0 unspecified atom stereocenters. The maximum Gasteiger partial charge on any atom is 0.147 e. The van der Waals surface area contributed by atoms with Gasteiger partial charge in [0.15, 0.2) is 0 Å². The summed E-state index contributed by atoms with van der Waals surface area (Å²) in [5, 5.41) is 4.28. The van der Waals surface area contributed by atoms with Crippen molar-refractivity contribution in [2.75, 3.05) is 11.4 Å². The third-order valence-corrected chi connectivity index (χ3v) is 4.49. The van der Waals surface area contributed by atoms with E-state index in [2.05, 4.69) is 35.1 Å². The van der Waals surface area contributed by atoms with Crippen molar-refractivity contribution in [3.63, 3.8) is 0 Å². The molecule has 0 atom stereocenters. The van der Waals surface area contributed by atoms with Crippen LogP contribution in [0.25, 0.3) is 0 Å². The largest absolute Gasteiger partial charge is 0.350 e. The van der Waals surface area contributed by atoms with Crippen molar-refractivity contribution in [2.24, 2.45) is 0 Å². The molecule has 19 heavy (non-hydrogen) atoms. The van der Waals surface area contributed by atoms with Gasteiger partial charge in [-0.2, -0.15) is 0 Å². The van der Waals surface area contributed by atoms with Crippen LogP contribution in [0.3, 0.4) is 0 Å². The minimum atomic E-state index is 0.171.